The number of nitrogens with two attached hydrogens (primary N) is 1. The summed E-state index contributed by atoms with van der Waals surface area (Å²) in [5, 5.41) is 40.9. The lowest BCUT2D eigenvalue weighted by molar-refractivity contribution is -0.177. The molecule has 8 atom stereocenters. The molecule has 4 aliphatic carbocycles. The van der Waals surface area contributed by atoms with Crippen molar-refractivity contribution in [3.05, 3.63) is 34.4 Å². The number of phenolic OH excluding ortho intramolecular Hbond substituents is 2. The molecule has 1 unspecified atom stereocenters. The molecule has 0 radical (unpaired) electrons. The van der Waals surface area contributed by atoms with Gasteiger partial charge in [0.05, 0.1) is 5.41 Å². The standard InChI is InChI=1S/C32H45NO6S/c1-17-24-18(13-20(34)25(17)35)30(4)10-12-32(6)23-15-29(3,27(38)39)8-7-28(23,2)9-11-31(32,5)22(30)14-21(24)40-16-19(33)26(36)37/h13-14,19,21,23,34-35H,7-12,15-16,33H2,1-6H3,(H,36,37)(H,38,39)/t19-,21?,23-,28-,29-,30+,31-,32+/m1/s1. The van der Waals surface area contributed by atoms with Crippen LogP contribution in [-0.2, 0) is 15.0 Å². The second-order valence-electron chi connectivity index (χ2n) is 14.5. The summed E-state index contributed by atoms with van der Waals surface area (Å²) in [5.74, 6) is -1.55. The number of carbonyl (C=O) groups is 2. The molecule has 6 N–H and O–H groups in total. The molecule has 220 valence electrons. The van der Waals surface area contributed by atoms with E-state index in [-0.39, 0.29) is 50.1 Å². The normalized spacial score (nSPS) is 41.0. The van der Waals surface area contributed by atoms with Crippen molar-refractivity contribution in [1.29, 1.82) is 0 Å². The highest BCUT2D eigenvalue weighted by molar-refractivity contribution is 7.99. The highest BCUT2D eigenvalue weighted by atomic mass is 32.2. The lowest BCUT2D eigenvalue weighted by Crippen LogP contribution is -2.62. The minimum atomic E-state index is -1.05. The first kappa shape index (κ1) is 29.3. The van der Waals surface area contributed by atoms with Crippen LogP contribution in [0.1, 0.15) is 102 Å². The van der Waals surface area contributed by atoms with Gasteiger partial charge in [0.1, 0.15) is 6.04 Å². The van der Waals surface area contributed by atoms with Gasteiger partial charge >= 0.3 is 11.9 Å². The zero-order chi connectivity index (χ0) is 29.6. The van der Waals surface area contributed by atoms with Crippen LogP contribution in [0.2, 0.25) is 0 Å². The molecular formula is C32H45NO6S. The predicted molar refractivity (Wildman–Crippen MR) is 157 cm³/mol. The number of benzene rings is 1. The Morgan fingerprint density at radius 2 is 1.68 bits per heavy atom. The number of carboxylic acid groups (broad SMARTS) is 2. The SMILES string of the molecule is Cc1c(O)c(O)cc2c1C(SC[C@@H](N)C(=O)O)C=C1[C@@]2(C)CC[C@@]2(C)[C@@H]3C[C@](C)(C(=O)O)CC[C@]3(C)CC[C@]12C. The zero-order valence-electron chi connectivity index (χ0n) is 24.6. The molecule has 40 heavy (non-hydrogen) atoms. The molecule has 5 rings (SSSR count). The van der Waals surface area contributed by atoms with E-state index in [1.54, 1.807) is 6.07 Å². The Balaban J connectivity index is 1.66. The minimum absolute atomic E-state index is 0.0904. The number of aliphatic carboxylic acids is 2. The molecule has 0 amide bonds. The number of hydrogen-bond acceptors (Lipinski definition) is 6. The molecule has 0 saturated heterocycles. The summed E-state index contributed by atoms with van der Waals surface area (Å²) in [5.41, 5.74) is 8.42. The van der Waals surface area contributed by atoms with Crippen LogP contribution in [-0.4, -0.2) is 44.2 Å². The maximum absolute atomic E-state index is 12.4. The summed E-state index contributed by atoms with van der Waals surface area (Å²) < 4.78 is 0. The van der Waals surface area contributed by atoms with Crippen molar-refractivity contribution in [3.8, 4) is 11.5 Å². The fourth-order valence-electron chi connectivity index (χ4n) is 9.29. The second kappa shape index (κ2) is 9.15. The molecule has 3 saturated carbocycles. The van der Waals surface area contributed by atoms with Crippen LogP contribution in [0, 0.1) is 34.5 Å². The van der Waals surface area contributed by atoms with Crippen LogP contribution in [0.3, 0.4) is 0 Å². The Morgan fingerprint density at radius 3 is 2.30 bits per heavy atom. The van der Waals surface area contributed by atoms with E-state index >= 15 is 0 Å². The summed E-state index contributed by atoms with van der Waals surface area (Å²) >= 11 is 1.47. The van der Waals surface area contributed by atoms with Crippen LogP contribution >= 0.6 is 11.8 Å². The van der Waals surface area contributed by atoms with Crippen molar-refractivity contribution in [3.63, 3.8) is 0 Å². The van der Waals surface area contributed by atoms with Gasteiger partial charge in [-0.2, -0.15) is 0 Å². The third-order valence-electron chi connectivity index (χ3n) is 12.4. The molecule has 8 heteroatoms. The molecule has 0 spiro atoms. The average molecular weight is 572 g/mol. The van der Waals surface area contributed by atoms with Gasteiger partial charge in [-0.25, -0.2) is 0 Å². The maximum Gasteiger partial charge on any atom is 0.321 e. The highest BCUT2D eigenvalue weighted by Gasteiger charge is 2.67. The molecule has 3 fully saturated rings. The fraction of sp³-hybridized carbons (Fsp3) is 0.688. The number of aromatic hydroxyl groups is 2. The summed E-state index contributed by atoms with van der Waals surface area (Å²) in [6.45, 7) is 13.1. The van der Waals surface area contributed by atoms with E-state index in [1.165, 1.54) is 17.3 Å². The van der Waals surface area contributed by atoms with Crippen LogP contribution < -0.4 is 5.73 Å². The van der Waals surface area contributed by atoms with E-state index in [4.69, 9.17) is 5.73 Å². The Bertz CT molecular complexity index is 1310. The van der Waals surface area contributed by atoms with Crippen LogP contribution in [0.5, 0.6) is 11.5 Å². The van der Waals surface area contributed by atoms with Crippen LogP contribution in [0.4, 0.5) is 0 Å². The van der Waals surface area contributed by atoms with Gasteiger partial charge in [0.15, 0.2) is 11.5 Å². The first-order chi connectivity index (χ1) is 18.4. The molecule has 4 aliphatic rings. The van der Waals surface area contributed by atoms with Crippen LogP contribution in [0.15, 0.2) is 17.7 Å². The van der Waals surface area contributed by atoms with E-state index in [1.807, 2.05) is 13.8 Å². The second-order valence-corrected chi connectivity index (χ2v) is 15.6. The highest BCUT2D eigenvalue weighted by Crippen LogP contribution is 2.75. The van der Waals surface area contributed by atoms with Gasteiger partial charge in [0.25, 0.3) is 0 Å². The number of allylic oxidation sites excluding steroid dienone is 1. The lowest BCUT2D eigenvalue weighted by Gasteiger charge is -2.70. The molecule has 1 aromatic carbocycles. The predicted octanol–water partition coefficient (Wildman–Crippen LogP) is 6.29. The summed E-state index contributed by atoms with van der Waals surface area (Å²) in [7, 11) is 0. The summed E-state index contributed by atoms with van der Waals surface area (Å²) in [6.07, 6.45) is 8.42. The molecule has 0 heterocycles. The summed E-state index contributed by atoms with van der Waals surface area (Å²) in [4.78, 5) is 24.0. The van der Waals surface area contributed by atoms with Crippen molar-refractivity contribution < 1.29 is 30.0 Å². The van der Waals surface area contributed by atoms with Crippen molar-refractivity contribution in [2.45, 2.75) is 103 Å². The van der Waals surface area contributed by atoms with E-state index in [0.717, 1.165) is 43.2 Å². The quantitative estimate of drug-likeness (QED) is 0.205. The Morgan fingerprint density at radius 1 is 1.02 bits per heavy atom. The van der Waals surface area contributed by atoms with Gasteiger partial charge < -0.3 is 26.2 Å². The minimum Gasteiger partial charge on any atom is -0.504 e. The maximum atomic E-state index is 12.4. The molecule has 7 nitrogen and oxygen atoms in total. The third kappa shape index (κ3) is 3.88. The van der Waals surface area contributed by atoms with Gasteiger partial charge in [-0.3, -0.25) is 9.59 Å². The number of fused-ring (bicyclic) bond motifs is 7. The third-order valence-corrected chi connectivity index (χ3v) is 13.6. The fourth-order valence-corrected chi connectivity index (χ4v) is 10.6. The van der Waals surface area contributed by atoms with E-state index in [0.29, 0.717) is 18.4 Å². The smallest absolute Gasteiger partial charge is 0.321 e. The number of phenols is 2. The monoisotopic (exact) mass is 571 g/mol. The first-order valence-corrected chi connectivity index (χ1v) is 15.6. The van der Waals surface area contributed by atoms with Gasteiger partial charge in [0, 0.05) is 16.4 Å². The van der Waals surface area contributed by atoms with Gasteiger partial charge in [0.2, 0.25) is 0 Å². The summed E-state index contributed by atoms with van der Waals surface area (Å²) in [6, 6.07) is 0.709. The Kier molecular flexibility index (Phi) is 6.71. The average Bonchev–Trinajstić information content (AvgIpc) is 2.89. The topological polar surface area (TPSA) is 141 Å². The first-order valence-electron chi connectivity index (χ1n) is 14.6. The molecule has 0 aromatic heterocycles. The largest absolute Gasteiger partial charge is 0.504 e. The van der Waals surface area contributed by atoms with Gasteiger partial charge in [-0.05, 0) is 104 Å². The molecular weight excluding hydrogens is 526 g/mol. The molecule has 0 aliphatic heterocycles. The molecule has 1 aromatic rings. The Labute approximate surface area is 241 Å². The zero-order valence-corrected chi connectivity index (χ0v) is 25.5. The van der Waals surface area contributed by atoms with Crippen molar-refractivity contribution >= 4 is 23.7 Å². The van der Waals surface area contributed by atoms with Crippen molar-refractivity contribution in [2.24, 2.45) is 33.3 Å². The number of rotatable bonds is 5. The lowest BCUT2D eigenvalue weighted by atomic mass is 9.34. The van der Waals surface area contributed by atoms with Gasteiger partial charge in [-0.15, -0.1) is 11.8 Å². The van der Waals surface area contributed by atoms with Crippen molar-refractivity contribution in [2.75, 3.05) is 5.75 Å². The number of carboxylic acids is 2. The van der Waals surface area contributed by atoms with E-state index in [9.17, 15) is 30.0 Å². The Hall–Kier alpha value is -2.19. The van der Waals surface area contributed by atoms with E-state index < -0.39 is 23.4 Å². The van der Waals surface area contributed by atoms with Crippen LogP contribution in [0.25, 0.3) is 0 Å². The molecule has 0 bridgehead atoms. The van der Waals surface area contributed by atoms with Gasteiger partial charge in [-0.1, -0.05) is 39.3 Å². The van der Waals surface area contributed by atoms with Crippen molar-refractivity contribution in [1.82, 2.24) is 0 Å². The number of hydrogen-bond donors (Lipinski definition) is 5. The number of thioether (sulfide) groups is 1. The van der Waals surface area contributed by atoms with E-state index in [2.05, 4.69) is 33.8 Å².